The molecule has 0 unspecified atom stereocenters. The highest BCUT2D eigenvalue weighted by Crippen LogP contribution is 2.22. The molecular weight excluding hydrogens is 354 g/mol. The second-order valence-corrected chi connectivity index (χ2v) is 9.32. The molecular formula is C18H25N3O4S. The second-order valence-electron chi connectivity index (χ2n) is 7.09. The van der Waals surface area contributed by atoms with Crippen molar-refractivity contribution in [2.45, 2.75) is 13.0 Å². The number of aromatic nitrogens is 1. The van der Waals surface area contributed by atoms with Gasteiger partial charge >= 0.3 is 0 Å². The predicted molar refractivity (Wildman–Crippen MR) is 101 cm³/mol. The fraction of sp³-hybridized carbons (Fsp3) is 0.500. The first-order valence-electron chi connectivity index (χ1n) is 8.54. The van der Waals surface area contributed by atoms with Crippen molar-refractivity contribution in [2.24, 2.45) is 13.0 Å². The van der Waals surface area contributed by atoms with E-state index in [2.05, 4.69) is 5.32 Å². The Labute approximate surface area is 154 Å². The van der Waals surface area contributed by atoms with Gasteiger partial charge in [-0.3, -0.25) is 4.79 Å². The molecule has 1 aliphatic heterocycles. The normalized spacial score (nSPS) is 20.8. The summed E-state index contributed by atoms with van der Waals surface area (Å²) in [5.74, 6) is -0.522. The Morgan fingerprint density at radius 1 is 1.31 bits per heavy atom. The van der Waals surface area contributed by atoms with Crippen LogP contribution in [0.15, 0.2) is 24.3 Å². The number of benzene rings is 1. The first kappa shape index (κ1) is 18.9. The number of ether oxygens (including phenoxy) is 1. The lowest BCUT2D eigenvalue weighted by Crippen LogP contribution is -2.44. The molecule has 2 aromatic rings. The average Bonchev–Trinajstić information content (AvgIpc) is 3.11. The highest BCUT2D eigenvalue weighted by atomic mass is 32.2. The number of amides is 1. The quantitative estimate of drug-likeness (QED) is 0.844. The predicted octanol–water partition coefficient (Wildman–Crippen LogP) is 1.12. The number of aryl methyl sites for hydroxylation is 2. The summed E-state index contributed by atoms with van der Waals surface area (Å²) in [7, 11) is 1.52. The van der Waals surface area contributed by atoms with Gasteiger partial charge in [0, 0.05) is 38.0 Å². The zero-order chi connectivity index (χ0) is 19.1. The fourth-order valence-corrected chi connectivity index (χ4v) is 4.44. The lowest BCUT2D eigenvalue weighted by molar-refractivity contribution is 0.0918. The molecule has 1 saturated heterocycles. The Balaban J connectivity index is 1.78. The van der Waals surface area contributed by atoms with Crippen molar-refractivity contribution in [2.75, 3.05) is 33.1 Å². The minimum Gasteiger partial charge on any atom is -0.379 e. The lowest BCUT2D eigenvalue weighted by Gasteiger charge is -2.21. The molecule has 0 aliphatic carbocycles. The Bertz CT molecular complexity index is 933. The number of hydrogen-bond acceptors (Lipinski definition) is 4. The van der Waals surface area contributed by atoms with Crippen LogP contribution in [0, 0.1) is 12.8 Å². The van der Waals surface area contributed by atoms with E-state index < -0.39 is 10.0 Å². The Morgan fingerprint density at radius 3 is 2.73 bits per heavy atom. The maximum Gasteiger partial charge on any atom is 0.268 e. The smallest absolute Gasteiger partial charge is 0.268 e. The van der Waals surface area contributed by atoms with Gasteiger partial charge in [0.25, 0.3) is 5.91 Å². The molecule has 0 bridgehead atoms. The summed E-state index contributed by atoms with van der Waals surface area (Å²) >= 11 is 0. The van der Waals surface area contributed by atoms with Crippen LogP contribution in [0.25, 0.3) is 10.9 Å². The summed E-state index contributed by atoms with van der Waals surface area (Å²) in [4.78, 5) is 12.8. The molecule has 1 N–H and O–H groups in total. The third-order valence-corrected chi connectivity index (χ3v) is 6.89. The van der Waals surface area contributed by atoms with Gasteiger partial charge in [-0.25, -0.2) is 12.7 Å². The van der Waals surface area contributed by atoms with E-state index in [9.17, 15) is 13.2 Å². The topological polar surface area (TPSA) is 80.6 Å². The van der Waals surface area contributed by atoms with Gasteiger partial charge in [0.1, 0.15) is 5.69 Å². The molecule has 0 spiro atoms. The van der Waals surface area contributed by atoms with Crippen LogP contribution >= 0.6 is 0 Å². The third-order valence-electron chi connectivity index (χ3n) is 4.93. The van der Waals surface area contributed by atoms with Crippen LogP contribution in [-0.4, -0.2) is 62.3 Å². The number of hydrogen-bond donors (Lipinski definition) is 1. The molecule has 2 heterocycles. The molecule has 8 heteroatoms. The van der Waals surface area contributed by atoms with Gasteiger partial charge in [-0.15, -0.1) is 0 Å². The van der Waals surface area contributed by atoms with Gasteiger partial charge in [-0.1, -0.05) is 11.6 Å². The van der Waals surface area contributed by atoms with Gasteiger partial charge in [-0.2, -0.15) is 0 Å². The number of nitrogens with one attached hydrogen (secondary N) is 1. The molecule has 3 rings (SSSR count). The van der Waals surface area contributed by atoms with Crippen LogP contribution in [0.4, 0.5) is 0 Å². The fourth-order valence-electron chi connectivity index (χ4n) is 3.27. The van der Waals surface area contributed by atoms with E-state index in [1.807, 2.05) is 42.8 Å². The molecule has 1 aliphatic rings. The summed E-state index contributed by atoms with van der Waals surface area (Å²) in [5.41, 5.74) is 2.66. The highest BCUT2D eigenvalue weighted by molar-refractivity contribution is 7.89. The van der Waals surface area contributed by atoms with Crippen molar-refractivity contribution in [1.82, 2.24) is 14.2 Å². The van der Waals surface area contributed by atoms with Crippen molar-refractivity contribution < 1.29 is 17.9 Å². The van der Waals surface area contributed by atoms with E-state index in [4.69, 9.17) is 4.74 Å². The Hall–Kier alpha value is -1.90. The first-order valence-corrected chi connectivity index (χ1v) is 10.1. The second kappa shape index (κ2) is 7.02. The van der Waals surface area contributed by atoms with E-state index in [0.29, 0.717) is 18.9 Å². The van der Waals surface area contributed by atoms with Crippen LogP contribution < -0.4 is 5.32 Å². The standard InChI is InChI=1S/C18H25N3O4S/c1-12-5-6-16-13(7-12)8-17(21(16)4)18(22)19-15-10-25-9-14(15)11-26(23,24)20(2)3/h5-8,14-15H,9-11H2,1-4H3,(H,19,22)/t14-,15-/m0/s1. The maximum absolute atomic E-state index is 12.8. The maximum atomic E-state index is 12.8. The molecule has 142 valence electrons. The molecule has 2 atom stereocenters. The molecule has 26 heavy (non-hydrogen) atoms. The summed E-state index contributed by atoms with van der Waals surface area (Å²) in [6.07, 6.45) is 0. The third kappa shape index (κ3) is 3.62. The van der Waals surface area contributed by atoms with Crippen LogP contribution in [0.5, 0.6) is 0 Å². The summed E-state index contributed by atoms with van der Waals surface area (Å²) in [5, 5.41) is 3.96. The van der Waals surface area contributed by atoms with Gasteiger partial charge in [-0.05, 0) is 25.1 Å². The number of sulfonamides is 1. The minimum atomic E-state index is -3.35. The van der Waals surface area contributed by atoms with E-state index in [1.54, 1.807) is 0 Å². The van der Waals surface area contributed by atoms with Crippen molar-refractivity contribution in [3.8, 4) is 0 Å². The van der Waals surface area contributed by atoms with Gasteiger partial charge < -0.3 is 14.6 Å². The van der Waals surface area contributed by atoms with E-state index in [0.717, 1.165) is 16.5 Å². The summed E-state index contributed by atoms with van der Waals surface area (Å²) < 4.78 is 32.8. The minimum absolute atomic E-state index is 0.0424. The first-order chi connectivity index (χ1) is 12.2. The molecule has 1 aromatic carbocycles. The van der Waals surface area contributed by atoms with Gasteiger partial charge in [0.2, 0.25) is 10.0 Å². The zero-order valence-corrected chi connectivity index (χ0v) is 16.3. The van der Waals surface area contributed by atoms with Crippen molar-refractivity contribution >= 4 is 26.8 Å². The van der Waals surface area contributed by atoms with Crippen LogP contribution in [0.1, 0.15) is 16.1 Å². The van der Waals surface area contributed by atoms with Crippen molar-refractivity contribution in [1.29, 1.82) is 0 Å². The molecule has 7 nitrogen and oxygen atoms in total. The van der Waals surface area contributed by atoms with Crippen LogP contribution in [0.2, 0.25) is 0 Å². The molecule has 0 radical (unpaired) electrons. The van der Waals surface area contributed by atoms with Crippen molar-refractivity contribution in [3.05, 3.63) is 35.5 Å². The number of nitrogens with zero attached hydrogens (tertiary/aromatic N) is 2. The lowest BCUT2D eigenvalue weighted by atomic mass is 10.1. The molecule has 1 fully saturated rings. The van der Waals surface area contributed by atoms with Gasteiger partial charge in [0.15, 0.2) is 0 Å². The number of fused-ring (bicyclic) bond motifs is 1. The van der Waals surface area contributed by atoms with Crippen LogP contribution in [0.3, 0.4) is 0 Å². The monoisotopic (exact) mass is 379 g/mol. The van der Waals surface area contributed by atoms with E-state index in [-0.39, 0.29) is 23.6 Å². The Morgan fingerprint density at radius 2 is 2.04 bits per heavy atom. The highest BCUT2D eigenvalue weighted by Gasteiger charge is 2.34. The van der Waals surface area contributed by atoms with E-state index in [1.165, 1.54) is 18.4 Å². The number of carbonyl (C=O) groups excluding carboxylic acids is 1. The Kier molecular flexibility index (Phi) is 5.09. The largest absolute Gasteiger partial charge is 0.379 e. The molecule has 1 aromatic heterocycles. The number of rotatable bonds is 5. The molecule has 1 amide bonds. The summed E-state index contributed by atoms with van der Waals surface area (Å²) in [6, 6.07) is 7.58. The van der Waals surface area contributed by atoms with E-state index >= 15 is 0 Å². The van der Waals surface area contributed by atoms with Crippen LogP contribution in [-0.2, 0) is 21.8 Å². The SMILES string of the molecule is Cc1ccc2c(c1)cc(C(=O)N[C@H]1COC[C@H]1CS(=O)(=O)N(C)C)n2C. The average molecular weight is 379 g/mol. The zero-order valence-electron chi connectivity index (χ0n) is 15.5. The van der Waals surface area contributed by atoms with Crippen molar-refractivity contribution in [3.63, 3.8) is 0 Å². The van der Waals surface area contributed by atoms with Gasteiger partial charge in [0.05, 0.1) is 25.0 Å². The molecule has 0 saturated carbocycles. The summed E-state index contributed by atoms with van der Waals surface area (Å²) in [6.45, 7) is 2.66. The number of carbonyl (C=O) groups is 1.